The van der Waals surface area contributed by atoms with Crippen molar-refractivity contribution in [3.05, 3.63) is 35.9 Å². The van der Waals surface area contributed by atoms with E-state index >= 15 is 0 Å². The molecule has 0 unspecified atom stereocenters. The molecule has 0 aliphatic carbocycles. The molecule has 0 aliphatic rings. The van der Waals surface area contributed by atoms with Crippen molar-refractivity contribution in [2.45, 2.75) is 5.92 Å². The molecule has 0 aliphatic heterocycles. The van der Waals surface area contributed by atoms with Crippen molar-refractivity contribution in [3.63, 3.8) is 0 Å². The fourth-order valence-electron chi connectivity index (χ4n) is 0.806. The van der Waals surface area contributed by atoms with Crippen molar-refractivity contribution in [2.75, 3.05) is 0 Å². The van der Waals surface area contributed by atoms with Crippen LogP contribution in [0, 0.1) is 62.2 Å². The van der Waals surface area contributed by atoms with E-state index in [0.717, 1.165) is 0 Å². The smallest absolute Gasteiger partial charge is 0 e. The molecule has 0 heterocycles. The van der Waals surface area contributed by atoms with Gasteiger partial charge in [-0.1, -0.05) is 35.9 Å². The first kappa shape index (κ1) is 16.1. The van der Waals surface area contributed by atoms with Gasteiger partial charge < -0.3 is 9.59 Å². The van der Waals surface area contributed by atoms with Gasteiger partial charge in [-0.3, -0.25) is 12.6 Å². The van der Waals surface area contributed by atoms with Gasteiger partial charge in [0.05, 0.1) is 0 Å². The third-order valence-corrected chi connectivity index (χ3v) is 1.37. The SMILES string of the molecule is O=[C-]C([C-]=O)c1ccccc1.[U].[U]. The molecule has 1 aromatic carbocycles. The van der Waals surface area contributed by atoms with Crippen molar-refractivity contribution < 1.29 is 71.8 Å². The summed E-state index contributed by atoms with van der Waals surface area (Å²) in [6, 6.07) is 8.73. The van der Waals surface area contributed by atoms with Crippen LogP contribution in [0.3, 0.4) is 0 Å². The Labute approximate surface area is 125 Å². The van der Waals surface area contributed by atoms with E-state index < -0.39 is 5.92 Å². The van der Waals surface area contributed by atoms with E-state index in [-0.39, 0.29) is 62.2 Å². The van der Waals surface area contributed by atoms with Gasteiger partial charge in [-0.05, 0) is 0 Å². The zero-order chi connectivity index (χ0) is 8.10. The molecule has 64 valence electrons. The summed E-state index contributed by atoms with van der Waals surface area (Å²) in [7, 11) is 0. The Balaban J connectivity index is 0. The first-order valence-electron chi connectivity index (χ1n) is 3.18. The molecule has 0 bridgehead atoms. The minimum absolute atomic E-state index is 0. The minimum Gasteiger partial charge on any atom is -0.543 e. The van der Waals surface area contributed by atoms with Crippen LogP contribution < -0.4 is 0 Å². The topological polar surface area (TPSA) is 34.1 Å². The van der Waals surface area contributed by atoms with E-state index in [1.807, 2.05) is 6.07 Å². The summed E-state index contributed by atoms with van der Waals surface area (Å²) in [5, 5.41) is 0. The molecule has 2 nitrogen and oxygen atoms in total. The van der Waals surface area contributed by atoms with E-state index in [9.17, 15) is 9.59 Å². The van der Waals surface area contributed by atoms with Gasteiger partial charge in [0.15, 0.2) is 0 Å². The summed E-state index contributed by atoms with van der Waals surface area (Å²) >= 11 is 0. The second-order valence-electron chi connectivity index (χ2n) is 2.08. The quantitative estimate of drug-likeness (QED) is 0.373. The average molecular weight is 622 g/mol. The van der Waals surface area contributed by atoms with Crippen molar-refractivity contribution in [3.8, 4) is 0 Å². The van der Waals surface area contributed by atoms with Crippen LogP contribution in [0.5, 0.6) is 0 Å². The number of rotatable bonds is 3. The molecule has 1 rings (SSSR count). The van der Waals surface area contributed by atoms with E-state index in [4.69, 9.17) is 0 Å². The molecule has 13 heavy (non-hydrogen) atoms. The maximum Gasteiger partial charge on any atom is 0 e. The molecule has 0 spiro atoms. The van der Waals surface area contributed by atoms with Crippen molar-refractivity contribution >= 4 is 12.6 Å². The molecule has 0 N–H and O–H groups in total. The van der Waals surface area contributed by atoms with Crippen LogP contribution in [0.25, 0.3) is 0 Å². The summed E-state index contributed by atoms with van der Waals surface area (Å²) in [6.45, 7) is 0. The third-order valence-electron chi connectivity index (χ3n) is 1.37. The van der Waals surface area contributed by atoms with Crippen LogP contribution in [0.1, 0.15) is 11.5 Å². The fourth-order valence-corrected chi connectivity index (χ4v) is 0.806. The van der Waals surface area contributed by atoms with Gasteiger partial charge in [0, 0.05) is 62.2 Å². The van der Waals surface area contributed by atoms with E-state index in [2.05, 4.69) is 0 Å². The first-order chi connectivity index (χ1) is 5.38. The summed E-state index contributed by atoms with van der Waals surface area (Å²) in [5.41, 5.74) is 0.637. The third kappa shape index (κ3) is 5.19. The summed E-state index contributed by atoms with van der Waals surface area (Å²) in [6.07, 6.45) is 3.19. The Bertz CT molecular complexity index is 241. The molecular weight excluding hydrogens is 616 g/mol. The maximum absolute atomic E-state index is 10.1. The van der Waals surface area contributed by atoms with Crippen LogP contribution in [0.2, 0.25) is 0 Å². The van der Waals surface area contributed by atoms with Crippen LogP contribution in [0.4, 0.5) is 0 Å². The van der Waals surface area contributed by atoms with Crippen LogP contribution in [-0.2, 0) is 9.59 Å². The van der Waals surface area contributed by atoms with Crippen LogP contribution in [-0.4, -0.2) is 12.6 Å². The number of hydrogen-bond donors (Lipinski definition) is 0. The molecule has 4 heteroatoms. The standard InChI is InChI=1S/C9H6O2.2U/c10-6-9(7-11)8-4-2-1-3-5-8;;/h1-5,9H;;/q-2;;. The molecule has 0 amide bonds. The summed E-state index contributed by atoms with van der Waals surface area (Å²) in [4.78, 5) is 20.3. The number of hydrogen-bond acceptors (Lipinski definition) is 2. The van der Waals surface area contributed by atoms with Crippen molar-refractivity contribution in [1.82, 2.24) is 0 Å². The van der Waals surface area contributed by atoms with Gasteiger partial charge in [-0.25, -0.2) is 5.92 Å². The zero-order valence-electron chi connectivity index (χ0n) is 6.78. The Morgan fingerprint density at radius 2 is 1.38 bits per heavy atom. The molecule has 0 fully saturated rings. The van der Waals surface area contributed by atoms with Crippen molar-refractivity contribution in [1.29, 1.82) is 0 Å². The minimum atomic E-state index is -0.851. The van der Waals surface area contributed by atoms with E-state index in [1.54, 1.807) is 36.8 Å². The molecule has 0 radical (unpaired) electrons. The Kier molecular flexibility index (Phi) is 11.4. The van der Waals surface area contributed by atoms with Crippen LogP contribution in [0.15, 0.2) is 30.3 Å². The average Bonchev–Trinajstić information content (AvgIpc) is 2.09. The largest absolute Gasteiger partial charge is 0.543 e. The second-order valence-corrected chi connectivity index (χ2v) is 2.08. The number of carbonyl (C=O) groups excluding carboxylic acids is 2. The molecule has 0 saturated carbocycles. The van der Waals surface area contributed by atoms with Gasteiger partial charge in [0.2, 0.25) is 0 Å². The number of benzene rings is 1. The van der Waals surface area contributed by atoms with Gasteiger partial charge in [-0.15, -0.1) is 0 Å². The summed E-state index contributed by atoms with van der Waals surface area (Å²) in [5.74, 6) is -0.851. The Hall–Kier alpha value is 0.664. The Morgan fingerprint density at radius 3 is 1.77 bits per heavy atom. The van der Waals surface area contributed by atoms with Gasteiger partial charge in [-0.2, -0.15) is 0 Å². The van der Waals surface area contributed by atoms with Gasteiger partial charge in [0.25, 0.3) is 0 Å². The maximum atomic E-state index is 10.1. The molecular formula is C9H6O2U2-2. The van der Waals surface area contributed by atoms with E-state index in [1.165, 1.54) is 0 Å². The van der Waals surface area contributed by atoms with Crippen LogP contribution >= 0.6 is 0 Å². The normalized spacial score (nSPS) is 8.08. The summed E-state index contributed by atoms with van der Waals surface area (Å²) < 4.78 is 0. The Morgan fingerprint density at radius 1 is 0.923 bits per heavy atom. The second kappa shape index (κ2) is 9.23. The van der Waals surface area contributed by atoms with Crippen molar-refractivity contribution in [2.24, 2.45) is 0 Å². The molecule has 0 aromatic heterocycles. The molecule has 0 saturated heterocycles. The predicted molar refractivity (Wildman–Crippen MR) is 40.6 cm³/mol. The van der Waals surface area contributed by atoms with Gasteiger partial charge in [0.1, 0.15) is 0 Å². The molecule has 1 aromatic rings. The van der Waals surface area contributed by atoms with Gasteiger partial charge >= 0.3 is 0 Å². The van der Waals surface area contributed by atoms with E-state index in [0.29, 0.717) is 5.56 Å². The zero-order valence-corrected chi connectivity index (χ0v) is 15.1. The molecule has 0 atom stereocenters. The monoisotopic (exact) mass is 622 g/mol. The fraction of sp³-hybridized carbons (Fsp3) is 0.111. The first-order valence-corrected chi connectivity index (χ1v) is 3.18. The predicted octanol–water partition coefficient (Wildman–Crippen LogP) is 0.990.